The Hall–Kier alpha value is -2.39. The molecule has 3 nitrogen and oxygen atoms in total. The fourth-order valence-corrected chi connectivity index (χ4v) is 5.70. The first-order valence-electron chi connectivity index (χ1n) is 10.5. The van der Waals surface area contributed by atoms with Crippen LogP contribution in [0.2, 0.25) is 0 Å². The molecule has 0 amide bonds. The van der Waals surface area contributed by atoms with Gasteiger partial charge in [-0.15, -0.1) is 6.58 Å². The lowest BCUT2D eigenvalue weighted by Gasteiger charge is -2.54. The van der Waals surface area contributed by atoms with Crippen molar-refractivity contribution >= 4 is 0 Å². The summed E-state index contributed by atoms with van der Waals surface area (Å²) >= 11 is 0. The van der Waals surface area contributed by atoms with Crippen LogP contribution in [-0.4, -0.2) is 24.0 Å². The van der Waals surface area contributed by atoms with Crippen LogP contribution < -0.4 is 4.74 Å². The van der Waals surface area contributed by atoms with Crippen LogP contribution >= 0.6 is 0 Å². The Balaban J connectivity index is 1.78. The third-order valence-corrected chi connectivity index (χ3v) is 6.77. The lowest BCUT2D eigenvalue weighted by molar-refractivity contribution is 0.0537. The summed E-state index contributed by atoms with van der Waals surface area (Å²) < 4.78 is 6.29. The second-order valence-corrected chi connectivity index (χ2v) is 9.11. The molecule has 3 atom stereocenters. The average molecular weight is 389 g/mol. The van der Waals surface area contributed by atoms with Gasteiger partial charge in [-0.3, -0.25) is 4.90 Å². The Morgan fingerprint density at radius 3 is 2.45 bits per heavy atom. The van der Waals surface area contributed by atoms with E-state index in [1.807, 2.05) is 6.07 Å². The zero-order valence-corrected chi connectivity index (χ0v) is 18.5. The summed E-state index contributed by atoms with van der Waals surface area (Å²) in [6.07, 6.45) is 6.53. The second-order valence-electron chi connectivity index (χ2n) is 9.11. The summed E-state index contributed by atoms with van der Waals surface area (Å²) in [5, 5.41) is 0. The number of nitrogens with zero attached hydrogens (tertiary/aromatic N) is 2. The first kappa shape index (κ1) is 19.9. The third-order valence-electron chi connectivity index (χ3n) is 6.77. The van der Waals surface area contributed by atoms with Crippen LogP contribution in [0.15, 0.2) is 48.6 Å². The van der Waals surface area contributed by atoms with Crippen molar-refractivity contribution in [2.24, 2.45) is 11.8 Å². The van der Waals surface area contributed by atoms with Gasteiger partial charge in [0.05, 0.1) is 11.2 Å². The van der Waals surface area contributed by atoms with Crippen LogP contribution in [-0.2, 0) is 12.0 Å². The molecule has 1 heterocycles. The van der Waals surface area contributed by atoms with Crippen LogP contribution in [0.1, 0.15) is 41.3 Å². The number of ether oxygens (including phenoxy) is 1. The smallest absolute Gasteiger partial charge is 0.219 e. The summed E-state index contributed by atoms with van der Waals surface area (Å²) in [4.78, 5) is 7.38. The highest BCUT2D eigenvalue weighted by Crippen LogP contribution is 2.53. The molecule has 29 heavy (non-hydrogen) atoms. The molecule has 152 valence electrons. The maximum absolute atomic E-state index is 6.29. The predicted molar refractivity (Wildman–Crippen MR) is 120 cm³/mol. The van der Waals surface area contributed by atoms with E-state index in [4.69, 9.17) is 9.72 Å². The van der Waals surface area contributed by atoms with Crippen molar-refractivity contribution in [1.29, 1.82) is 0 Å². The monoisotopic (exact) mass is 388 g/mol. The Kier molecular flexibility index (Phi) is 4.90. The summed E-state index contributed by atoms with van der Waals surface area (Å²) in [5.41, 5.74) is 7.40. The summed E-state index contributed by atoms with van der Waals surface area (Å²) in [6.45, 7) is 12.8. The van der Waals surface area contributed by atoms with Crippen LogP contribution in [0.5, 0.6) is 11.6 Å². The van der Waals surface area contributed by atoms with Crippen molar-refractivity contribution in [2.75, 3.05) is 14.1 Å². The van der Waals surface area contributed by atoms with Gasteiger partial charge in [-0.2, -0.15) is 0 Å². The van der Waals surface area contributed by atoms with E-state index >= 15 is 0 Å². The number of aromatic nitrogens is 1. The molecule has 2 bridgehead atoms. The minimum atomic E-state index is -0.0833. The molecule has 0 saturated heterocycles. The number of hydrogen-bond donors (Lipinski definition) is 0. The van der Waals surface area contributed by atoms with E-state index in [-0.39, 0.29) is 5.54 Å². The quantitative estimate of drug-likeness (QED) is 0.612. The van der Waals surface area contributed by atoms with Gasteiger partial charge < -0.3 is 4.74 Å². The maximum Gasteiger partial charge on any atom is 0.219 e. The Morgan fingerprint density at radius 1 is 1.14 bits per heavy atom. The van der Waals surface area contributed by atoms with Crippen molar-refractivity contribution in [3.05, 3.63) is 76.5 Å². The second kappa shape index (κ2) is 7.14. The van der Waals surface area contributed by atoms with E-state index in [2.05, 4.69) is 83.6 Å². The molecule has 0 N–H and O–H groups in total. The van der Waals surface area contributed by atoms with E-state index in [1.165, 1.54) is 16.7 Å². The topological polar surface area (TPSA) is 25.4 Å². The number of fused-ring (bicyclic) bond motifs is 4. The van der Waals surface area contributed by atoms with E-state index in [9.17, 15) is 0 Å². The van der Waals surface area contributed by atoms with Crippen molar-refractivity contribution in [3.63, 3.8) is 0 Å². The number of aryl methyl sites for hydroxylation is 3. The zero-order chi connectivity index (χ0) is 20.9. The number of hydrogen-bond acceptors (Lipinski definition) is 3. The maximum atomic E-state index is 6.29. The molecule has 4 rings (SSSR count). The Labute approximate surface area is 175 Å². The Bertz CT molecular complexity index is 981. The number of allylic oxidation sites excluding steroid dienone is 1. The van der Waals surface area contributed by atoms with Crippen LogP contribution in [0, 0.1) is 32.6 Å². The molecule has 0 radical (unpaired) electrons. The molecule has 0 spiro atoms. The number of rotatable bonds is 4. The van der Waals surface area contributed by atoms with Gasteiger partial charge in [-0.05, 0) is 83.3 Å². The van der Waals surface area contributed by atoms with E-state index < -0.39 is 0 Å². The molecule has 1 aromatic carbocycles. The summed E-state index contributed by atoms with van der Waals surface area (Å²) in [6, 6.07) is 8.60. The Morgan fingerprint density at radius 2 is 1.83 bits per heavy atom. The molecule has 0 saturated carbocycles. The minimum absolute atomic E-state index is 0.0833. The van der Waals surface area contributed by atoms with Gasteiger partial charge in [0.25, 0.3) is 0 Å². The van der Waals surface area contributed by atoms with Crippen LogP contribution in [0.3, 0.4) is 0 Å². The van der Waals surface area contributed by atoms with Crippen molar-refractivity contribution in [1.82, 2.24) is 9.88 Å². The molecule has 1 aromatic heterocycles. The summed E-state index contributed by atoms with van der Waals surface area (Å²) in [7, 11) is 4.37. The molecular weight excluding hydrogens is 356 g/mol. The largest absolute Gasteiger partial charge is 0.438 e. The molecule has 2 aromatic rings. The highest BCUT2D eigenvalue weighted by atomic mass is 16.5. The molecule has 0 aliphatic heterocycles. The standard InChI is InChI=1S/C26H32N2O/c1-8-21-20-13-17(3)15-26(21,28(6)7)22-9-10-24(27-23(22)14-20)29-25-18(4)11-16(2)12-19(25)5/h8-13,20-21H,1,14-15H2,2-7H3/t20-,21+,26+/m0/s1. The first-order chi connectivity index (χ1) is 13.8. The van der Waals surface area contributed by atoms with Gasteiger partial charge >= 0.3 is 0 Å². The van der Waals surface area contributed by atoms with Crippen molar-refractivity contribution in [2.45, 2.75) is 46.1 Å². The van der Waals surface area contributed by atoms with E-state index in [1.54, 1.807) is 0 Å². The average Bonchev–Trinajstić information content (AvgIpc) is 2.63. The van der Waals surface area contributed by atoms with Crippen LogP contribution in [0.25, 0.3) is 0 Å². The molecule has 0 unspecified atom stereocenters. The predicted octanol–water partition coefficient (Wildman–Crippen LogP) is 5.88. The van der Waals surface area contributed by atoms with Crippen molar-refractivity contribution in [3.8, 4) is 11.6 Å². The van der Waals surface area contributed by atoms with E-state index in [0.717, 1.165) is 35.4 Å². The first-order valence-corrected chi connectivity index (χ1v) is 10.5. The van der Waals surface area contributed by atoms with Gasteiger partial charge in [0.2, 0.25) is 5.88 Å². The van der Waals surface area contributed by atoms with Gasteiger partial charge in [0.1, 0.15) is 5.75 Å². The van der Waals surface area contributed by atoms with Gasteiger partial charge in [-0.25, -0.2) is 4.98 Å². The minimum Gasteiger partial charge on any atom is -0.438 e. The van der Waals surface area contributed by atoms with E-state index in [0.29, 0.717) is 17.7 Å². The fraction of sp³-hybridized carbons (Fsp3) is 0.423. The van der Waals surface area contributed by atoms with Gasteiger partial charge in [0, 0.05) is 12.0 Å². The van der Waals surface area contributed by atoms with Crippen LogP contribution in [0.4, 0.5) is 0 Å². The molecule has 2 aliphatic carbocycles. The highest BCUT2D eigenvalue weighted by Gasteiger charge is 2.51. The third kappa shape index (κ3) is 3.12. The molecular formula is C26H32N2O. The van der Waals surface area contributed by atoms with Gasteiger partial charge in [0.15, 0.2) is 0 Å². The fourth-order valence-electron chi connectivity index (χ4n) is 5.70. The molecule has 0 fully saturated rings. The lowest BCUT2D eigenvalue weighted by Crippen LogP contribution is -2.54. The highest BCUT2D eigenvalue weighted by molar-refractivity contribution is 5.46. The van der Waals surface area contributed by atoms with Crippen molar-refractivity contribution < 1.29 is 4.74 Å². The normalized spacial score (nSPS) is 25.4. The summed E-state index contributed by atoms with van der Waals surface area (Å²) in [5.74, 6) is 2.43. The van der Waals surface area contributed by atoms with Gasteiger partial charge in [-0.1, -0.05) is 35.4 Å². The molecule has 3 heteroatoms. The number of benzene rings is 1. The molecule has 2 aliphatic rings. The number of pyridine rings is 1. The lowest BCUT2D eigenvalue weighted by atomic mass is 9.59. The zero-order valence-electron chi connectivity index (χ0n) is 18.5. The SMILES string of the molecule is C=C[C@@H]1[C@H]2C=C(C)C[C@]1(N(C)C)c1ccc(Oc3c(C)cc(C)cc3C)nc1C2.